The summed E-state index contributed by atoms with van der Waals surface area (Å²) in [5.41, 5.74) is 0.278. The van der Waals surface area contributed by atoms with Gasteiger partial charge in [-0.25, -0.2) is 9.80 Å². The van der Waals surface area contributed by atoms with Gasteiger partial charge in [0.2, 0.25) is 5.91 Å². The van der Waals surface area contributed by atoms with E-state index in [1.54, 1.807) is 61.5 Å². The van der Waals surface area contributed by atoms with E-state index < -0.39 is 41.8 Å². The molecule has 3 rings (SSSR count). The molecule has 10 heteroatoms. The molecule has 0 bridgehead atoms. The molecule has 1 saturated heterocycles. The van der Waals surface area contributed by atoms with Gasteiger partial charge in [0.05, 0.1) is 18.7 Å². The smallest absolute Gasteiger partial charge is 0.347 e. The number of likely N-dealkylation sites (N-methyl/N-ethyl adjacent to an activating group) is 1. The molecule has 0 spiro atoms. The summed E-state index contributed by atoms with van der Waals surface area (Å²) in [6, 6.07) is 13.4. The van der Waals surface area contributed by atoms with Gasteiger partial charge < -0.3 is 15.8 Å². The van der Waals surface area contributed by atoms with Crippen LogP contribution in [-0.4, -0.2) is 57.1 Å². The van der Waals surface area contributed by atoms with E-state index in [1.165, 1.54) is 25.1 Å². The third-order valence-electron chi connectivity index (χ3n) is 5.83. The van der Waals surface area contributed by atoms with Crippen LogP contribution in [0.1, 0.15) is 43.0 Å². The van der Waals surface area contributed by atoms with Crippen LogP contribution < -0.4 is 5.84 Å². The number of hydrazone groups is 1. The number of carbonyl (C=O) groups excluding carboxylic acids is 3. The zero-order valence-electron chi connectivity index (χ0n) is 18.5. The lowest BCUT2D eigenvalue weighted by Gasteiger charge is -2.35. The molecule has 1 heterocycles. The molecule has 0 aromatic heterocycles. The Morgan fingerprint density at radius 3 is 2.27 bits per heavy atom. The number of urea groups is 1. The Kier molecular flexibility index (Phi) is 6.47. The molecule has 0 saturated carbocycles. The quantitative estimate of drug-likeness (QED) is 0.286. The number of carboxylic acids is 1. The highest BCUT2D eigenvalue weighted by atomic mass is 16.4. The highest BCUT2D eigenvalue weighted by Gasteiger charge is 2.57. The summed E-state index contributed by atoms with van der Waals surface area (Å²) in [6.45, 7) is 2.77. The molecule has 0 aliphatic carbocycles. The number of benzene rings is 2. The van der Waals surface area contributed by atoms with Crippen LogP contribution in [0.25, 0.3) is 0 Å². The van der Waals surface area contributed by atoms with E-state index in [4.69, 9.17) is 5.84 Å². The topological polar surface area (TPSA) is 137 Å². The van der Waals surface area contributed by atoms with Crippen molar-refractivity contribution in [3.63, 3.8) is 0 Å². The molecule has 0 radical (unpaired) electrons. The first kappa shape index (κ1) is 23.5. The summed E-state index contributed by atoms with van der Waals surface area (Å²) in [4.78, 5) is 52.6. The van der Waals surface area contributed by atoms with Crippen molar-refractivity contribution in [2.45, 2.75) is 31.8 Å². The Morgan fingerprint density at radius 2 is 1.76 bits per heavy atom. The third kappa shape index (κ3) is 4.14. The fourth-order valence-corrected chi connectivity index (χ4v) is 3.94. The zero-order valence-corrected chi connectivity index (χ0v) is 18.5. The summed E-state index contributed by atoms with van der Waals surface area (Å²) >= 11 is 0. The first-order valence-corrected chi connectivity index (χ1v) is 10.2. The van der Waals surface area contributed by atoms with Gasteiger partial charge in [-0.3, -0.25) is 14.4 Å². The highest BCUT2D eigenvalue weighted by Crippen LogP contribution is 2.39. The lowest BCUT2D eigenvalue weighted by Crippen LogP contribution is -2.52. The normalized spacial score (nSPS) is 19.2. The lowest BCUT2D eigenvalue weighted by molar-refractivity contribution is -0.162. The average molecular weight is 451 g/mol. The largest absolute Gasteiger partial charge is 0.481 e. The molecule has 4 amide bonds. The molecule has 2 aromatic rings. The molecule has 33 heavy (non-hydrogen) atoms. The third-order valence-corrected chi connectivity index (χ3v) is 5.83. The summed E-state index contributed by atoms with van der Waals surface area (Å²) in [6.07, 6.45) is 0.950. The minimum atomic E-state index is -1.42. The molecule has 1 fully saturated rings. The fourth-order valence-electron chi connectivity index (χ4n) is 3.94. The number of rotatable bonds is 7. The number of carbonyl (C=O) groups is 4. The van der Waals surface area contributed by atoms with E-state index in [0.717, 1.165) is 10.0 Å². The van der Waals surface area contributed by atoms with Gasteiger partial charge in [-0.1, -0.05) is 54.6 Å². The van der Waals surface area contributed by atoms with Crippen LogP contribution >= 0.6 is 0 Å². The second-order valence-corrected chi connectivity index (χ2v) is 7.82. The molecule has 3 N–H and O–H groups in total. The van der Waals surface area contributed by atoms with Gasteiger partial charge in [0.25, 0.3) is 5.91 Å². The molecule has 10 nitrogen and oxygen atoms in total. The summed E-state index contributed by atoms with van der Waals surface area (Å²) in [5.74, 6) is 2.69. The number of amides is 4. The molecule has 1 aliphatic rings. The Balaban J connectivity index is 2.09. The van der Waals surface area contributed by atoms with Crippen molar-refractivity contribution in [3.05, 3.63) is 71.3 Å². The van der Waals surface area contributed by atoms with Crippen molar-refractivity contribution in [3.8, 4) is 0 Å². The Labute approximate surface area is 190 Å². The van der Waals surface area contributed by atoms with Crippen LogP contribution in [0.15, 0.2) is 59.7 Å². The van der Waals surface area contributed by atoms with Crippen molar-refractivity contribution in [2.75, 3.05) is 7.05 Å². The van der Waals surface area contributed by atoms with Gasteiger partial charge >= 0.3 is 12.0 Å². The summed E-state index contributed by atoms with van der Waals surface area (Å²) in [5, 5.41) is 14.6. The van der Waals surface area contributed by atoms with Gasteiger partial charge in [0.1, 0.15) is 5.54 Å². The second-order valence-electron chi connectivity index (χ2n) is 7.82. The minimum absolute atomic E-state index is 0.484. The van der Waals surface area contributed by atoms with Crippen molar-refractivity contribution in [1.82, 2.24) is 14.9 Å². The maximum atomic E-state index is 13.7. The van der Waals surface area contributed by atoms with E-state index in [0.29, 0.717) is 16.7 Å². The van der Waals surface area contributed by atoms with Crippen LogP contribution in [-0.2, 0) is 19.9 Å². The molecule has 2 atom stereocenters. The van der Waals surface area contributed by atoms with E-state index in [-0.39, 0.29) is 0 Å². The van der Waals surface area contributed by atoms with E-state index in [9.17, 15) is 24.3 Å². The molecular formula is C23H25N5O5. The molecule has 0 unspecified atom stereocenters. The van der Waals surface area contributed by atoms with Crippen LogP contribution in [0, 0.1) is 0 Å². The maximum absolute atomic E-state index is 13.7. The van der Waals surface area contributed by atoms with Crippen molar-refractivity contribution < 1.29 is 24.3 Å². The van der Waals surface area contributed by atoms with Crippen molar-refractivity contribution in [1.29, 1.82) is 0 Å². The molecular weight excluding hydrogens is 426 g/mol. The number of carboxylic acid groups (broad SMARTS) is 1. The number of aliphatic carboxylic acids is 1. The van der Waals surface area contributed by atoms with Crippen LogP contribution in [0.4, 0.5) is 4.79 Å². The zero-order chi connectivity index (χ0) is 24.3. The van der Waals surface area contributed by atoms with E-state index in [1.807, 2.05) is 0 Å². The number of hydrogen-bond acceptors (Lipinski definition) is 6. The van der Waals surface area contributed by atoms with Gasteiger partial charge in [-0.15, -0.1) is 0 Å². The van der Waals surface area contributed by atoms with Crippen LogP contribution in [0.5, 0.6) is 0 Å². The van der Waals surface area contributed by atoms with Crippen molar-refractivity contribution in [2.24, 2.45) is 10.9 Å². The number of imide groups is 1. The molecule has 172 valence electrons. The van der Waals surface area contributed by atoms with Gasteiger partial charge in [-0.05, 0) is 23.6 Å². The Hall–Kier alpha value is -4.21. The predicted molar refractivity (Wildman–Crippen MR) is 120 cm³/mol. The van der Waals surface area contributed by atoms with Gasteiger partial charge in [0, 0.05) is 14.0 Å². The SMILES string of the molecule is CC(=O)N([C@H](CC(=O)O)c1ccccc1)N1C(=O)N(C)[C@](C)(c2ccc(C=NN)cc2)C1=O. The second kappa shape index (κ2) is 9.11. The van der Waals surface area contributed by atoms with Crippen LogP contribution in [0.3, 0.4) is 0 Å². The highest BCUT2D eigenvalue weighted by molar-refractivity contribution is 6.08. The Bertz CT molecular complexity index is 1100. The first-order valence-electron chi connectivity index (χ1n) is 10.2. The number of nitrogens with two attached hydrogens (primary N) is 1. The number of hydrogen-bond donors (Lipinski definition) is 2. The Morgan fingerprint density at radius 1 is 1.15 bits per heavy atom. The average Bonchev–Trinajstić information content (AvgIpc) is 2.96. The number of hydrazine groups is 1. The monoisotopic (exact) mass is 451 g/mol. The summed E-state index contributed by atoms with van der Waals surface area (Å²) in [7, 11) is 1.46. The molecule has 1 aliphatic heterocycles. The summed E-state index contributed by atoms with van der Waals surface area (Å²) < 4.78 is 0. The van der Waals surface area contributed by atoms with E-state index >= 15 is 0 Å². The van der Waals surface area contributed by atoms with Gasteiger partial charge in [-0.2, -0.15) is 10.1 Å². The lowest BCUT2D eigenvalue weighted by atomic mass is 9.90. The van der Waals surface area contributed by atoms with Crippen LogP contribution in [0.2, 0.25) is 0 Å². The standard InChI is InChI=1S/C23H25N5O5/c1-15(29)27(19(13-20(30)31)17-7-5-4-6-8-17)28-21(32)23(2,26(3)22(28)33)18-11-9-16(10-12-18)14-25-24/h4-12,14,19H,13,24H2,1-3H3,(H,30,31)/t19-,23-/m1/s1. The minimum Gasteiger partial charge on any atom is -0.481 e. The van der Waals surface area contributed by atoms with Crippen molar-refractivity contribution >= 4 is 30.0 Å². The first-order chi connectivity index (χ1) is 15.6. The fraction of sp³-hybridized carbons (Fsp3) is 0.261. The van der Waals surface area contributed by atoms with Gasteiger partial charge in [0.15, 0.2) is 0 Å². The maximum Gasteiger partial charge on any atom is 0.347 e. The predicted octanol–water partition coefficient (Wildman–Crippen LogP) is 2.07. The molecule has 2 aromatic carbocycles. The number of nitrogens with zero attached hydrogens (tertiary/aromatic N) is 4. The van der Waals surface area contributed by atoms with E-state index in [2.05, 4.69) is 5.10 Å².